The summed E-state index contributed by atoms with van der Waals surface area (Å²) in [6.45, 7) is 3.19. The molecule has 0 radical (unpaired) electrons. The molecule has 152 valence electrons. The molecule has 0 bridgehead atoms. The minimum Gasteiger partial charge on any atom is -0.280 e. The summed E-state index contributed by atoms with van der Waals surface area (Å²) in [7, 11) is 0. The zero-order chi connectivity index (χ0) is 20.9. The van der Waals surface area contributed by atoms with Gasteiger partial charge in [0, 0.05) is 16.5 Å². The fourth-order valence-corrected chi connectivity index (χ4v) is 3.70. The molecule has 0 aliphatic carbocycles. The number of aromatic nitrogens is 2. The van der Waals surface area contributed by atoms with Crippen molar-refractivity contribution in [2.45, 2.75) is 48.9 Å². The maximum atomic E-state index is 13.6. The van der Waals surface area contributed by atoms with Gasteiger partial charge in [-0.15, -0.1) is 0 Å². The topological polar surface area (TPSA) is 38.1 Å². The first-order valence-electron chi connectivity index (χ1n) is 8.19. The molecule has 0 N–H and O–H groups in total. The number of nitrogens with zero attached hydrogens (tertiary/aromatic N) is 3. The second-order valence-corrected chi connectivity index (χ2v) is 7.62. The van der Waals surface area contributed by atoms with Crippen LogP contribution in [0.15, 0.2) is 35.2 Å². The monoisotopic (exact) mass is 423 g/mol. The summed E-state index contributed by atoms with van der Waals surface area (Å²) in [4.78, 5) is 13.4. The quantitative estimate of drug-likeness (QED) is 0.483. The Morgan fingerprint density at radius 1 is 1.14 bits per heavy atom. The van der Waals surface area contributed by atoms with Gasteiger partial charge < -0.3 is 0 Å². The summed E-state index contributed by atoms with van der Waals surface area (Å²) >= 11 is -0.365. The van der Waals surface area contributed by atoms with Crippen LogP contribution in [-0.2, 0) is 0 Å². The molecule has 2 atom stereocenters. The predicted octanol–water partition coefficient (Wildman–Crippen LogP) is 5.35. The molecule has 28 heavy (non-hydrogen) atoms. The molecule has 1 aromatic carbocycles. The van der Waals surface area contributed by atoms with Crippen LogP contribution in [0.1, 0.15) is 35.4 Å². The number of alkyl halides is 6. The summed E-state index contributed by atoms with van der Waals surface area (Å²) in [5.41, 5.74) is -4.18. The maximum absolute atomic E-state index is 13.6. The lowest BCUT2D eigenvalue weighted by Gasteiger charge is -2.39. The second-order valence-electron chi connectivity index (χ2n) is 6.48. The van der Waals surface area contributed by atoms with Crippen molar-refractivity contribution in [3.8, 4) is 0 Å². The Bertz CT molecular complexity index is 874. The number of amides is 1. The summed E-state index contributed by atoms with van der Waals surface area (Å²) in [5, 5.41) is 4.16. The lowest BCUT2D eigenvalue weighted by molar-refractivity contribution is -0.152. The molecule has 11 heteroatoms. The normalized spacial score (nSPS) is 20.2. The zero-order valence-corrected chi connectivity index (χ0v) is 15.5. The molecular formula is C17H15F6N3OS. The Morgan fingerprint density at radius 2 is 1.75 bits per heavy atom. The minimum absolute atomic E-state index is 0.0114. The van der Waals surface area contributed by atoms with Gasteiger partial charge in [-0.1, -0.05) is 0 Å². The molecule has 4 nitrogen and oxygen atoms in total. The van der Waals surface area contributed by atoms with Gasteiger partial charge in [-0.25, -0.2) is 4.68 Å². The van der Waals surface area contributed by atoms with E-state index in [1.165, 1.54) is 10.7 Å². The van der Waals surface area contributed by atoms with E-state index >= 15 is 0 Å². The van der Waals surface area contributed by atoms with Gasteiger partial charge in [-0.3, -0.25) is 9.69 Å². The van der Waals surface area contributed by atoms with Gasteiger partial charge in [0.2, 0.25) is 0 Å². The first kappa shape index (κ1) is 20.6. The fourth-order valence-electron chi connectivity index (χ4n) is 3.16. The number of carbonyl (C=O) groups is 1. The third-order valence-corrected chi connectivity index (χ3v) is 5.05. The maximum Gasteiger partial charge on any atom is 0.446 e. The number of anilines is 1. The van der Waals surface area contributed by atoms with E-state index < -0.39 is 29.7 Å². The van der Waals surface area contributed by atoms with Crippen LogP contribution >= 0.6 is 11.8 Å². The molecule has 2 heterocycles. The molecule has 1 aliphatic heterocycles. The highest BCUT2D eigenvalue weighted by molar-refractivity contribution is 8.00. The molecule has 3 rings (SSSR count). The van der Waals surface area contributed by atoms with Crippen LogP contribution in [0.2, 0.25) is 0 Å². The van der Waals surface area contributed by atoms with E-state index in [2.05, 4.69) is 5.10 Å². The average molecular weight is 423 g/mol. The van der Waals surface area contributed by atoms with Crippen molar-refractivity contribution in [1.29, 1.82) is 0 Å². The standard InChI is InChI=1S/C17H15F6N3OS/c1-9-7-14-25(13(16(18,19)20)8-10(2)26(14)24-9)15(27)11-3-5-12(6-4-11)28-17(21,22)23/h3-7,10,13H,8H2,1-2H3/t10-,13+/m1/s1. The first-order chi connectivity index (χ1) is 12.9. The third kappa shape index (κ3) is 4.13. The van der Waals surface area contributed by atoms with Gasteiger partial charge in [0.05, 0.1) is 11.7 Å². The van der Waals surface area contributed by atoms with Gasteiger partial charge >= 0.3 is 11.7 Å². The van der Waals surface area contributed by atoms with E-state index in [9.17, 15) is 31.1 Å². The van der Waals surface area contributed by atoms with Crippen LogP contribution in [0.3, 0.4) is 0 Å². The van der Waals surface area contributed by atoms with Crippen LogP contribution in [-0.4, -0.2) is 33.4 Å². The fraction of sp³-hybridized carbons (Fsp3) is 0.412. The van der Waals surface area contributed by atoms with Gasteiger partial charge in [0.25, 0.3) is 5.91 Å². The van der Waals surface area contributed by atoms with Crippen molar-refractivity contribution in [2.24, 2.45) is 0 Å². The van der Waals surface area contributed by atoms with Gasteiger partial charge in [0.1, 0.15) is 11.9 Å². The number of aryl methyl sites for hydroxylation is 1. The van der Waals surface area contributed by atoms with Crippen molar-refractivity contribution in [2.75, 3.05) is 4.90 Å². The first-order valence-corrected chi connectivity index (χ1v) is 9.00. The van der Waals surface area contributed by atoms with Gasteiger partial charge in [-0.05, 0) is 56.3 Å². The Labute approximate surface area is 160 Å². The van der Waals surface area contributed by atoms with E-state index in [0.29, 0.717) is 10.6 Å². The SMILES string of the molecule is Cc1cc2n(n1)[C@H](C)C[C@@H](C(F)(F)F)N2C(=O)c1ccc(SC(F)(F)F)cc1. The molecule has 0 fully saturated rings. The average Bonchev–Trinajstić information content (AvgIpc) is 2.94. The van der Waals surface area contributed by atoms with Gasteiger partial charge in [0.15, 0.2) is 0 Å². The summed E-state index contributed by atoms with van der Waals surface area (Å²) in [6, 6.07) is 3.07. The molecule has 1 aromatic heterocycles. The number of hydrogen-bond donors (Lipinski definition) is 0. The molecule has 0 spiro atoms. The van der Waals surface area contributed by atoms with Crippen molar-refractivity contribution >= 4 is 23.5 Å². The number of carbonyl (C=O) groups excluding carboxylic acids is 1. The number of hydrogen-bond acceptors (Lipinski definition) is 3. The minimum atomic E-state index is -4.67. The van der Waals surface area contributed by atoms with E-state index in [-0.39, 0.29) is 34.5 Å². The van der Waals surface area contributed by atoms with Crippen molar-refractivity contribution < 1.29 is 31.1 Å². The molecule has 2 aromatic rings. The van der Waals surface area contributed by atoms with E-state index in [1.807, 2.05) is 0 Å². The van der Waals surface area contributed by atoms with E-state index in [0.717, 1.165) is 24.3 Å². The zero-order valence-electron chi connectivity index (χ0n) is 14.7. The molecule has 1 aliphatic rings. The summed E-state index contributed by atoms with van der Waals surface area (Å²) in [6.07, 6.45) is -5.04. The number of rotatable bonds is 2. The van der Waals surface area contributed by atoms with Crippen molar-refractivity contribution in [3.63, 3.8) is 0 Å². The molecular weight excluding hydrogens is 408 g/mol. The smallest absolute Gasteiger partial charge is 0.280 e. The highest BCUT2D eigenvalue weighted by atomic mass is 32.2. The summed E-state index contributed by atoms with van der Waals surface area (Å²) < 4.78 is 79.6. The molecule has 1 amide bonds. The van der Waals surface area contributed by atoms with Crippen molar-refractivity contribution in [1.82, 2.24) is 9.78 Å². The van der Waals surface area contributed by atoms with Crippen LogP contribution in [0.4, 0.5) is 32.2 Å². The lowest BCUT2D eigenvalue weighted by atomic mass is 10.0. The number of benzene rings is 1. The van der Waals surface area contributed by atoms with E-state index in [4.69, 9.17) is 0 Å². The van der Waals surface area contributed by atoms with E-state index in [1.54, 1.807) is 13.8 Å². The van der Waals surface area contributed by atoms with Crippen LogP contribution in [0.25, 0.3) is 0 Å². The Kier molecular flexibility index (Phi) is 5.15. The Balaban J connectivity index is 1.98. The van der Waals surface area contributed by atoms with Crippen LogP contribution < -0.4 is 4.90 Å². The van der Waals surface area contributed by atoms with Crippen molar-refractivity contribution in [3.05, 3.63) is 41.6 Å². The molecule has 0 unspecified atom stereocenters. The second kappa shape index (κ2) is 7.02. The van der Waals surface area contributed by atoms with Gasteiger partial charge in [-0.2, -0.15) is 31.4 Å². The number of fused-ring (bicyclic) bond motifs is 1. The highest BCUT2D eigenvalue weighted by Crippen LogP contribution is 2.41. The predicted molar refractivity (Wildman–Crippen MR) is 91.3 cm³/mol. The van der Waals surface area contributed by atoms with Crippen LogP contribution in [0, 0.1) is 6.92 Å². The molecule has 0 saturated carbocycles. The Hall–Kier alpha value is -2.17. The lowest BCUT2D eigenvalue weighted by Crippen LogP contribution is -2.53. The summed E-state index contributed by atoms with van der Waals surface area (Å²) in [5.74, 6) is -0.934. The number of thioether (sulfide) groups is 1. The third-order valence-electron chi connectivity index (χ3n) is 4.31. The van der Waals surface area contributed by atoms with Crippen LogP contribution in [0.5, 0.6) is 0 Å². The largest absolute Gasteiger partial charge is 0.446 e. The molecule has 0 saturated heterocycles. The Morgan fingerprint density at radius 3 is 2.29 bits per heavy atom. The highest BCUT2D eigenvalue weighted by Gasteiger charge is 2.50. The number of halogens is 6.